The Kier molecular flexibility index (Phi) is 3.92. The number of aryl methyl sites for hydroxylation is 2. The van der Waals surface area contributed by atoms with Crippen molar-refractivity contribution in [2.24, 2.45) is 5.73 Å². The van der Waals surface area contributed by atoms with Gasteiger partial charge in [0.15, 0.2) is 0 Å². The summed E-state index contributed by atoms with van der Waals surface area (Å²) in [5.74, 6) is 0.778. The minimum absolute atomic E-state index is 0.227. The van der Waals surface area contributed by atoms with E-state index in [0.717, 1.165) is 5.75 Å². The molecule has 1 atom stereocenters. The number of aliphatic hydroxyl groups excluding tert-OH is 1. The van der Waals surface area contributed by atoms with E-state index in [1.54, 1.807) is 0 Å². The molecule has 0 fully saturated rings. The van der Waals surface area contributed by atoms with Crippen molar-refractivity contribution in [2.75, 3.05) is 13.2 Å². The van der Waals surface area contributed by atoms with Crippen LogP contribution in [0, 0.1) is 13.8 Å². The van der Waals surface area contributed by atoms with Crippen molar-refractivity contribution < 1.29 is 9.84 Å². The second kappa shape index (κ2) is 4.98. The quantitative estimate of drug-likeness (QED) is 0.753. The van der Waals surface area contributed by atoms with E-state index in [1.807, 2.05) is 32.0 Å². The Morgan fingerprint density at radius 1 is 1.36 bits per heavy atom. The molecule has 0 bridgehead atoms. The van der Waals surface area contributed by atoms with Crippen molar-refractivity contribution in [3.8, 4) is 5.75 Å². The third-order valence-corrected chi connectivity index (χ3v) is 2.19. The Hall–Kier alpha value is -1.06. The molecule has 0 aliphatic rings. The fraction of sp³-hybridized carbons (Fsp3) is 0.455. The summed E-state index contributed by atoms with van der Waals surface area (Å²) in [4.78, 5) is 0. The fourth-order valence-electron chi connectivity index (χ4n) is 1.06. The lowest BCUT2D eigenvalue weighted by Gasteiger charge is -2.11. The zero-order chi connectivity index (χ0) is 10.6. The van der Waals surface area contributed by atoms with Crippen LogP contribution in [-0.4, -0.2) is 24.4 Å². The highest BCUT2D eigenvalue weighted by molar-refractivity contribution is 5.33. The molecule has 1 aromatic rings. The van der Waals surface area contributed by atoms with Gasteiger partial charge in [0.05, 0.1) is 0 Å². The first-order chi connectivity index (χ1) is 6.63. The second-order valence-electron chi connectivity index (χ2n) is 3.45. The molecule has 3 N–H and O–H groups in total. The minimum Gasteiger partial charge on any atom is -0.491 e. The van der Waals surface area contributed by atoms with E-state index < -0.39 is 6.10 Å². The number of ether oxygens (including phenoxy) is 1. The van der Waals surface area contributed by atoms with Crippen molar-refractivity contribution >= 4 is 0 Å². The summed E-state index contributed by atoms with van der Waals surface area (Å²) < 4.78 is 5.36. The van der Waals surface area contributed by atoms with Gasteiger partial charge in [0, 0.05) is 6.54 Å². The molecule has 0 aliphatic carbocycles. The monoisotopic (exact) mass is 195 g/mol. The molecule has 0 radical (unpaired) electrons. The first kappa shape index (κ1) is 11.0. The summed E-state index contributed by atoms with van der Waals surface area (Å²) in [5, 5.41) is 9.19. The van der Waals surface area contributed by atoms with Crippen LogP contribution >= 0.6 is 0 Å². The largest absolute Gasteiger partial charge is 0.491 e. The highest BCUT2D eigenvalue weighted by atomic mass is 16.5. The molecule has 0 unspecified atom stereocenters. The summed E-state index contributed by atoms with van der Waals surface area (Å²) >= 11 is 0. The lowest BCUT2D eigenvalue weighted by Crippen LogP contribution is -2.26. The first-order valence-electron chi connectivity index (χ1n) is 4.71. The van der Waals surface area contributed by atoms with Gasteiger partial charge in [-0.3, -0.25) is 0 Å². The maximum absolute atomic E-state index is 9.19. The van der Waals surface area contributed by atoms with Crippen molar-refractivity contribution in [3.63, 3.8) is 0 Å². The van der Waals surface area contributed by atoms with Gasteiger partial charge in [0.1, 0.15) is 18.5 Å². The summed E-state index contributed by atoms with van der Waals surface area (Å²) in [6, 6.07) is 5.85. The molecule has 78 valence electrons. The molecular formula is C11H17NO2. The van der Waals surface area contributed by atoms with Gasteiger partial charge in [-0.1, -0.05) is 6.07 Å². The SMILES string of the molecule is Cc1ccc(OC[C@@H](O)CN)cc1C. The predicted octanol–water partition coefficient (Wildman–Crippen LogP) is 1.00. The third-order valence-electron chi connectivity index (χ3n) is 2.19. The van der Waals surface area contributed by atoms with Crippen LogP contribution in [-0.2, 0) is 0 Å². The van der Waals surface area contributed by atoms with Crippen LogP contribution in [0.15, 0.2) is 18.2 Å². The molecule has 0 saturated carbocycles. The summed E-state index contributed by atoms with van der Waals surface area (Å²) in [6.45, 7) is 4.55. The number of hydrogen-bond acceptors (Lipinski definition) is 3. The average molecular weight is 195 g/mol. The van der Waals surface area contributed by atoms with Crippen LogP contribution in [0.3, 0.4) is 0 Å². The maximum atomic E-state index is 9.19. The first-order valence-corrected chi connectivity index (χ1v) is 4.71. The van der Waals surface area contributed by atoms with Gasteiger partial charge in [-0.05, 0) is 37.1 Å². The van der Waals surface area contributed by atoms with E-state index in [2.05, 4.69) is 0 Å². The standard InChI is InChI=1S/C11H17NO2/c1-8-3-4-11(5-9(8)2)14-7-10(13)6-12/h3-5,10,13H,6-7,12H2,1-2H3/t10-/m0/s1. The lowest BCUT2D eigenvalue weighted by atomic mass is 10.1. The molecule has 0 saturated heterocycles. The van der Waals surface area contributed by atoms with Crippen LogP contribution in [0.5, 0.6) is 5.75 Å². The number of aliphatic hydroxyl groups is 1. The van der Waals surface area contributed by atoms with Crippen LogP contribution in [0.2, 0.25) is 0 Å². The van der Waals surface area contributed by atoms with Gasteiger partial charge in [-0.15, -0.1) is 0 Å². The highest BCUT2D eigenvalue weighted by Crippen LogP contribution is 2.16. The molecular weight excluding hydrogens is 178 g/mol. The lowest BCUT2D eigenvalue weighted by molar-refractivity contribution is 0.114. The number of hydrogen-bond donors (Lipinski definition) is 2. The Bertz CT molecular complexity index is 299. The number of rotatable bonds is 4. The van der Waals surface area contributed by atoms with E-state index in [4.69, 9.17) is 10.5 Å². The van der Waals surface area contributed by atoms with E-state index in [0.29, 0.717) is 0 Å². The van der Waals surface area contributed by atoms with Crippen molar-refractivity contribution in [3.05, 3.63) is 29.3 Å². The normalized spacial score (nSPS) is 12.6. The van der Waals surface area contributed by atoms with Crippen molar-refractivity contribution in [2.45, 2.75) is 20.0 Å². The highest BCUT2D eigenvalue weighted by Gasteiger charge is 2.02. The minimum atomic E-state index is -0.586. The molecule has 0 heterocycles. The van der Waals surface area contributed by atoms with Crippen molar-refractivity contribution in [1.29, 1.82) is 0 Å². The molecule has 1 aromatic carbocycles. The molecule has 3 nitrogen and oxygen atoms in total. The van der Waals surface area contributed by atoms with E-state index >= 15 is 0 Å². The molecule has 0 aromatic heterocycles. The Morgan fingerprint density at radius 3 is 2.64 bits per heavy atom. The average Bonchev–Trinajstić information content (AvgIpc) is 2.19. The molecule has 14 heavy (non-hydrogen) atoms. The van der Waals surface area contributed by atoms with E-state index in [-0.39, 0.29) is 13.2 Å². The van der Waals surface area contributed by atoms with E-state index in [9.17, 15) is 5.11 Å². The van der Waals surface area contributed by atoms with Crippen LogP contribution < -0.4 is 10.5 Å². The van der Waals surface area contributed by atoms with Gasteiger partial charge in [-0.2, -0.15) is 0 Å². The van der Waals surface area contributed by atoms with Crippen LogP contribution in [0.1, 0.15) is 11.1 Å². The van der Waals surface area contributed by atoms with E-state index in [1.165, 1.54) is 11.1 Å². The predicted molar refractivity (Wildman–Crippen MR) is 56.5 cm³/mol. The summed E-state index contributed by atoms with van der Waals surface area (Å²) in [6.07, 6.45) is -0.586. The van der Waals surface area contributed by atoms with Crippen LogP contribution in [0.25, 0.3) is 0 Å². The molecule has 1 rings (SSSR count). The zero-order valence-corrected chi connectivity index (χ0v) is 8.66. The zero-order valence-electron chi connectivity index (χ0n) is 8.66. The number of benzene rings is 1. The molecule has 0 aliphatic heterocycles. The van der Waals surface area contributed by atoms with Crippen LogP contribution in [0.4, 0.5) is 0 Å². The van der Waals surface area contributed by atoms with Gasteiger partial charge < -0.3 is 15.6 Å². The Labute approximate surface area is 84.5 Å². The molecule has 3 heteroatoms. The third kappa shape index (κ3) is 3.01. The van der Waals surface area contributed by atoms with Gasteiger partial charge in [0.2, 0.25) is 0 Å². The van der Waals surface area contributed by atoms with Gasteiger partial charge in [-0.25, -0.2) is 0 Å². The fourth-order valence-corrected chi connectivity index (χ4v) is 1.06. The number of nitrogens with two attached hydrogens (primary N) is 1. The van der Waals surface area contributed by atoms with Crippen molar-refractivity contribution in [1.82, 2.24) is 0 Å². The topological polar surface area (TPSA) is 55.5 Å². The Morgan fingerprint density at radius 2 is 2.07 bits per heavy atom. The van der Waals surface area contributed by atoms with Gasteiger partial charge >= 0.3 is 0 Å². The summed E-state index contributed by atoms with van der Waals surface area (Å²) in [7, 11) is 0. The second-order valence-corrected chi connectivity index (χ2v) is 3.45. The maximum Gasteiger partial charge on any atom is 0.119 e. The molecule has 0 spiro atoms. The Balaban J connectivity index is 2.55. The smallest absolute Gasteiger partial charge is 0.119 e. The summed E-state index contributed by atoms with van der Waals surface area (Å²) in [5.41, 5.74) is 7.68. The van der Waals surface area contributed by atoms with Gasteiger partial charge in [0.25, 0.3) is 0 Å². The molecule has 0 amide bonds.